The number of likely N-dealkylation sites (N-methyl/N-ethyl adjacent to an activating group) is 1. The fourth-order valence-electron chi connectivity index (χ4n) is 3.14. The van der Waals surface area contributed by atoms with Crippen LogP contribution in [0.3, 0.4) is 0 Å². The molecule has 0 saturated heterocycles. The first kappa shape index (κ1) is 16.6. The minimum atomic E-state index is -0.280. The number of benzene rings is 1. The fraction of sp³-hybridized carbons (Fsp3) is 0.444. The lowest BCUT2D eigenvalue weighted by Gasteiger charge is -2.22. The van der Waals surface area contributed by atoms with Crippen LogP contribution in [0.4, 0.5) is 4.39 Å². The van der Waals surface area contributed by atoms with Crippen LogP contribution in [0, 0.1) is 11.7 Å². The number of aromatic amines is 1. The van der Waals surface area contributed by atoms with Gasteiger partial charge in [0.25, 0.3) is 0 Å². The van der Waals surface area contributed by atoms with Crippen LogP contribution in [0.5, 0.6) is 0 Å². The summed E-state index contributed by atoms with van der Waals surface area (Å²) < 4.78 is 13.5. The molecule has 1 aliphatic rings. The molecule has 1 heterocycles. The van der Waals surface area contributed by atoms with E-state index in [2.05, 4.69) is 15.5 Å². The molecule has 3 rings (SSSR count). The van der Waals surface area contributed by atoms with E-state index in [0.29, 0.717) is 13.0 Å². The molecule has 0 spiro atoms. The van der Waals surface area contributed by atoms with E-state index in [1.165, 1.54) is 12.1 Å². The van der Waals surface area contributed by atoms with Gasteiger partial charge in [0.05, 0.1) is 5.69 Å². The fourth-order valence-corrected chi connectivity index (χ4v) is 3.14. The molecule has 0 bridgehead atoms. The van der Waals surface area contributed by atoms with E-state index in [0.717, 1.165) is 41.9 Å². The van der Waals surface area contributed by atoms with Crippen molar-refractivity contribution in [1.82, 2.24) is 20.4 Å². The Morgan fingerprint density at radius 2 is 2.29 bits per heavy atom. The van der Waals surface area contributed by atoms with Crippen molar-refractivity contribution in [3.63, 3.8) is 0 Å². The van der Waals surface area contributed by atoms with Gasteiger partial charge in [0.15, 0.2) is 0 Å². The van der Waals surface area contributed by atoms with Gasteiger partial charge in [-0.2, -0.15) is 5.10 Å². The van der Waals surface area contributed by atoms with Crippen LogP contribution in [-0.4, -0.2) is 48.2 Å². The van der Waals surface area contributed by atoms with Crippen LogP contribution < -0.4 is 5.32 Å². The van der Waals surface area contributed by atoms with Gasteiger partial charge < -0.3 is 10.2 Å². The van der Waals surface area contributed by atoms with Gasteiger partial charge in [-0.15, -0.1) is 0 Å². The van der Waals surface area contributed by atoms with Crippen LogP contribution in [0.25, 0.3) is 11.3 Å². The summed E-state index contributed by atoms with van der Waals surface area (Å²) in [4.78, 5) is 14.4. The number of fused-ring (bicyclic) bond motifs is 1. The first-order valence-electron chi connectivity index (χ1n) is 8.29. The SMILES string of the molecule is CN(C)CCNC(=O)[C@@H]1CCc2[nH]nc(-c3cccc(F)c3)c2C1. The molecule has 24 heavy (non-hydrogen) atoms. The second kappa shape index (κ2) is 7.13. The van der Waals surface area contributed by atoms with Crippen LogP contribution in [0.15, 0.2) is 24.3 Å². The Balaban J connectivity index is 1.73. The van der Waals surface area contributed by atoms with Gasteiger partial charge in [0, 0.05) is 35.8 Å². The first-order chi connectivity index (χ1) is 11.5. The van der Waals surface area contributed by atoms with E-state index in [9.17, 15) is 9.18 Å². The van der Waals surface area contributed by atoms with Gasteiger partial charge in [0.1, 0.15) is 5.82 Å². The largest absolute Gasteiger partial charge is 0.355 e. The lowest BCUT2D eigenvalue weighted by molar-refractivity contribution is -0.125. The summed E-state index contributed by atoms with van der Waals surface area (Å²) in [5.74, 6) is -0.239. The summed E-state index contributed by atoms with van der Waals surface area (Å²) in [6.45, 7) is 1.47. The molecular formula is C18H23FN4O. The van der Waals surface area contributed by atoms with Crippen LogP contribution >= 0.6 is 0 Å². The van der Waals surface area contributed by atoms with Gasteiger partial charge in [-0.25, -0.2) is 4.39 Å². The van der Waals surface area contributed by atoms with E-state index in [4.69, 9.17) is 0 Å². The second-order valence-corrected chi connectivity index (χ2v) is 6.57. The molecule has 0 aliphatic heterocycles. The molecule has 1 aromatic carbocycles. The number of halogens is 1. The molecule has 1 aromatic heterocycles. The highest BCUT2D eigenvalue weighted by Crippen LogP contribution is 2.32. The topological polar surface area (TPSA) is 61.0 Å². The summed E-state index contributed by atoms with van der Waals surface area (Å²) in [6.07, 6.45) is 2.25. The molecule has 0 unspecified atom stereocenters. The third-order valence-electron chi connectivity index (χ3n) is 4.47. The second-order valence-electron chi connectivity index (χ2n) is 6.57. The number of carbonyl (C=O) groups is 1. The zero-order valence-corrected chi connectivity index (χ0v) is 14.1. The predicted molar refractivity (Wildman–Crippen MR) is 91.1 cm³/mol. The summed E-state index contributed by atoms with van der Waals surface area (Å²) in [5.41, 5.74) is 3.61. The molecule has 5 nitrogen and oxygen atoms in total. The lowest BCUT2D eigenvalue weighted by atomic mass is 9.85. The van der Waals surface area contributed by atoms with Crippen molar-refractivity contribution in [3.05, 3.63) is 41.3 Å². The van der Waals surface area contributed by atoms with Crippen LogP contribution in [0.1, 0.15) is 17.7 Å². The van der Waals surface area contributed by atoms with Crippen molar-refractivity contribution >= 4 is 5.91 Å². The van der Waals surface area contributed by atoms with E-state index in [1.807, 2.05) is 25.1 Å². The molecule has 6 heteroatoms. The van der Waals surface area contributed by atoms with Crippen LogP contribution in [-0.2, 0) is 17.6 Å². The van der Waals surface area contributed by atoms with Gasteiger partial charge in [0.2, 0.25) is 5.91 Å². The molecule has 1 atom stereocenters. The van der Waals surface area contributed by atoms with Gasteiger partial charge in [-0.3, -0.25) is 9.89 Å². The third-order valence-corrected chi connectivity index (χ3v) is 4.47. The number of carbonyl (C=O) groups excluding carboxylic acids is 1. The molecule has 1 amide bonds. The zero-order chi connectivity index (χ0) is 17.1. The molecule has 2 N–H and O–H groups in total. The summed E-state index contributed by atoms with van der Waals surface area (Å²) >= 11 is 0. The Hall–Kier alpha value is -2.21. The van der Waals surface area contributed by atoms with Crippen molar-refractivity contribution < 1.29 is 9.18 Å². The van der Waals surface area contributed by atoms with Crippen LogP contribution in [0.2, 0.25) is 0 Å². The monoisotopic (exact) mass is 330 g/mol. The standard InChI is InChI=1S/C18H23FN4O/c1-23(2)9-8-20-18(24)13-6-7-16-15(11-13)17(22-21-16)12-4-3-5-14(19)10-12/h3-5,10,13H,6-9,11H2,1-2H3,(H,20,24)(H,21,22)/t13-/m1/s1. The first-order valence-corrected chi connectivity index (χ1v) is 8.29. The lowest BCUT2D eigenvalue weighted by Crippen LogP contribution is -2.37. The number of nitrogens with zero attached hydrogens (tertiary/aromatic N) is 2. The minimum absolute atomic E-state index is 0.0513. The van der Waals surface area contributed by atoms with Gasteiger partial charge >= 0.3 is 0 Å². The maximum Gasteiger partial charge on any atom is 0.223 e. The Kier molecular flexibility index (Phi) is 4.94. The Morgan fingerprint density at radius 1 is 1.46 bits per heavy atom. The van der Waals surface area contributed by atoms with Gasteiger partial charge in [-0.05, 0) is 45.5 Å². The molecule has 128 valence electrons. The third kappa shape index (κ3) is 3.64. The maximum absolute atomic E-state index is 13.5. The molecular weight excluding hydrogens is 307 g/mol. The maximum atomic E-state index is 13.5. The highest BCUT2D eigenvalue weighted by molar-refractivity contribution is 5.80. The molecule has 0 radical (unpaired) electrons. The Morgan fingerprint density at radius 3 is 3.04 bits per heavy atom. The number of hydrogen-bond donors (Lipinski definition) is 2. The molecule has 0 fully saturated rings. The van der Waals surface area contributed by atoms with E-state index >= 15 is 0 Å². The quantitative estimate of drug-likeness (QED) is 0.881. The van der Waals surface area contributed by atoms with E-state index in [1.54, 1.807) is 6.07 Å². The number of nitrogens with one attached hydrogen (secondary N) is 2. The number of aryl methyl sites for hydroxylation is 1. The van der Waals surface area contributed by atoms with Crippen molar-refractivity contribution in [2.45, 2.75) is 19.3 Å². The van der Waals surface area contributed by atoms with E-state index < -0.39 is 0 Å². The van der Waals surface area contributed by atoms with Crippen molar-refractivity contribution in [2.24, 2.45) is 5.92 Å². The Bertz CT molecular complexity index is 726. The molecule has 1 aliphatic carbocycles. The van der Waals surface area contributed by atoms with Crippen molar-refractivity contribution in [2.75, 3.05) is 27.2 Å². The minimum Gasteiger partial charge on any atom is -0.355 e. The Labute approximate surface area is 141 Å². The molecule has 0 saturated carbocycles. The number of aromatic nitrogens is 2. The summed E-state index contributed by atoms with van der Waals surface area (Å²) in [7, 11) is 3.96. The van der Waals surface area contributed by atoms with E-state index in [-0.39, 0.29) is 17.6 Å². The highest BCUT2D eigenvalue weighted by atomic mass is 19.1. The zero-order valence-electron chi connectivity index (χ0n) is 14.1. The average molecular weight is 330 g/mol. The van der Waals surface area contributed by atoms with Gasteiger partial charge in [-0.1, -0.05) is 12.1 Å². The average Bonchev–Trinajstić information content (AvgIpc) is 2.97. The summed E-state index contributed by atoms with van der Waals surface area (Å²) in [6, 6.07) is 6.43. The summed E-state index contributed by atoms with van der Waals surface area (Å²) in [5, 5.41) is 10.4. The number of rotatable bonds is 5. The van der Waals surface area contributed by atoms with Crippen molar-refractivity contribution in [3.8, 4) is 11.3 Å². The highest BCUT2D eigenvalue weighted by Gasteiger charge is 2.28. The number of hydrogen-bond acceptors (Lipinski definition) is 3. The normalized spacial score (nSPS) is 16.9. The molecule has 2 aromatic rings. The van der Waals surface area contributed by atoms with Crippen molar-refractivity contribution in [1.29, 1.82) is 0 Å². The predicted octanol–water partition coefficient (Wildman–Crippen LogP) is 2.00. The smallest absolute Gasteiger partial charge is 0.223 e. The number of H-pyrrole nitrogens is 1. The number of amides is 1.